The van der Waals surface area contributed by atoms with E-state index in [9.17, 15) is 4.79 Å². The molecule has 0 aliphatic rings. The zero-order chi connectivity index (χ0) is 13.5. The Hall–Kier alpha value is -1.99. The molecule has 1 rings (SSSR count). The van der Waals surface area contributed by atoms with E-state index in [1.165, 1.54) is 6.20 Å². The summed E-state index contributed by atoms with van der Waals surface area (Å²) in [5.41, 5.74) is 1.60. The van der Waals surface area contributed by atoms with Gasteiger partial charge in [-0.25, -0.2) is 4.79 Å². The normalized spacial score (nSPS) is 10.7. The van der Waals surface area contributed by atoms with Gasteiger partial charge < -0.3 is 10.1 Å². The minimum Gasteiger partial charge on any atom is -0.462 e. The van der Waals surface area contributed by atoms with E-state index in [2.05, 4.69) is 5.32 Å². The van der Waals surface area contributed by atoms with Crippen LogP contribution in [0.15, 0.2) is 30.0 Å². The molecular weight excluding hydrogens is 252 g/mol. The third kappa shape index (κ3) is 3.79. The fourth-order valence-electron chi connectivity index (χ4n) is 1.25. The van der Waals surface area contributed by atoms with Crippen molar-refractivity contribution in [3.05, 3.63) is 40.6 Å². The summed E-state index contributed by atoms with van der Waals surface area (Å²) < 4.78 is 4.74. The van der Waals surface area contributed by atoms with Crippen molar-refractivity contribution in [3.63, 3.8) is 0 Å². The van der Waals surface area contributed by atoms with Gasteiger partial charge >= 0.3 is 5.97 Å². The topological polar surface area (TPSA) is 62.1 Å². The highest BCUT2D eigenvalue weighted by molar-refractivity contribution is 6.30. The second-order valence-corrected chi connectivity index (χ2v) is 3.93. The van der Waals surface area contributed by atoms with Crippen molar-refractivity contribution in [2.75, 3.05) is 11.9 Å². The van der Waals surface area contributed by atoms with E-state index in [1.54, 1.807) is 25.1 Å². The van der Waals surface area contributed by atoms with Gasteiger partial charge in [-0.2, -0.15) is 5.26 Å². The molecule has 94 valence electrons. The van der Waals surface area contributed by atoms with Crippen LogP contribution in [0.5, 0.6) is 0 Å². The fraction of sp³-hybridized carbons (Fsp3) is 0.231. The number of nitrogens with zero attached hydrogens (tertiary/aromatic N) is 1. The highest BCUT2D eigenvalue weighted by Gasteiger charge is 2.09. The summed E-state index contributed by atoms with van der Waals surface area (Å²) in [5.74, 6) is -0.646. The summed E-state index contributed by atoms with van der Waals surface area (Å²) in [6.07, 6.45) is 1.32. The predicted octanol–water partition coefficient (Wildman–Crippen LogP) is 3.03. The van der Waals surface area contributed by atoms with Crippen LogP contribution in [-0.2, 0) is 9.53 Å². The first kappa shape index (κ1) is 14.1. The molecule has 1 aromatic rings. The molecule has 0 amide bonds. The quantitative estimate of drug-likeness (QED) is 0.516. The number of halogens is 1. The second kappa shape index (κ2) is 6.67. The highest BCUT2D eigenvalue weighted by atomic mass is 35.5. The smallest absolute Gasteiger partial charge is 0.350 e. The molecule has 0 heterocycles. The van der Waals surface area contributed by atoms with Gasteiger partial charge in [0.15, 0.2) is 5.57 Å². The maximum atomic E-state index is 11.4. The molecule has 5 heteroatoms. The standard InChI is InChI=1S/C13H13ClN2O2/c1-3-18-13(17)10(7-15)8-16-12-6-11(14)5-4-9(12)2/h4-6,8,16H,3H2,1-2H3/b10-8+. The average molecular weight is 265 g/mol. The molecule has 18 heavy (non-hydrogen) atoms. The van der Waals surface area contributed by atoms with E-state index in [0.717, 1.165) is 11.3 Å². The number of carbonyl (C=O) groups excluding carboxylic acids is 1. The van der Waals surface area contributed by atoms with Gasteiger partial charge in [-0.15, -0.1) is 0 Å². The number of ether oxygens (including phenoxy) is 1. The van der Waals surface area contributed by atoms with Gasteiger partial charge in [-0.1, -0.05) is 17.7 Å². The Kier molecular flexibility index (Phi) is 5.22. The molecule has 1 aromatic carbocycles. The van der Waals surface area contributed by atoms with Gasteiger partial charge in [0.05, 0.1) is 6.61 Å². The Balaban J connectivity index is 2.87. The summed E-state index contributed by atoms with van der Waals surface area (Å²) in [5, 5.41) is 12.3. The lowest BCUT2D eigenvalue weighted by atomic mass is 10.2. The van der Waals surface area contributed by atoms with Crippen molar-refractivity contribution >= 4 is 23.3 Å². The molecule has 0 saturated heterocycles. The van der Waals surface area contributed by atoms with Crippen LogP contribution in [0.4, 0.5) is 5.69 Å². The lowest BCUT2D eigenvalue weighted by Crippen LogP contribution is -2.08. The highest BCUT2D eigenvalue weighted by Crippen LogP contribution is 2.20. The third-order valence-electron chi connectivity index (χ3n) is 2.19. The molecule has 0 atom stereocenters. The Morgan fingerprint density at radius 1 is 1.61 bits per heavy atom. The van der Waals surface area contributed by atoms with Crippen molar-refractivity contribution in [2.24, 2.45) is 0 Å². The number of esters is 1. The van der Waals surface area contributed by atoms with E-state index >= 15 is 0 Å². The molecule has 0 fully saturated rings. The molecule has 0 spiro atoms. The van der Waals surface area contributed by atoms with E-state index < -0.39 is 5.97 Å². The molecule has 1 N–H and O–H groups in total. The number of rotatable bonds is 4. The maximum Gasteiger partial charge on any atom is 0.350 e. The van der Waals surface area contributed by atoms with Crippen LogP contribution in [0.3, 0.4) is 0 Å². The Morgan fingerprint density at radius 2 is 2.33 bits per heavy atom. The lowest BCUT2D eigenvalue weighted by molar-refractivity contribution is -0.138. The van der Waals surface area contributed by atoms with Crippen LogP contribution in [0.25, 0.3) is 0 Å². The number of benzene rings is 1. The fourth-order valence-corrected chi connectivity index (χ4v) is 1.42. The van der Waals surface area contributed by atoms with E-state index in [0.29, 0.717) is 5.02 Å². The molecule has 0 radical (unpaired) electrons. The number of carbonyl (C=O) groups is 1. The monoisotopic (exact) mass is 264 g/mol. The summed E-state index contributed by atoms with van der Waals surface area (Å²) >= 11 is 5.86. The van der Waals surface area contributed by atoms with Gasteiger partial charge in [0.25, 0.3) is 0 Å². The van der Waals surface area contributed by atoms with Gasteiger partial charge in [-0.3, -0.25) is 0 Å². The average Bonchev–Trinajstić information content (AvgIpc) is 2.34. The van der Waals surface area contributed by atoms with Crippen molar-refractivity contribution in [1.82, 2.24) is 0 Å². The Labute approximate surface area is 111 Å². The maximum absolute atomic E-state index is 11.4. The zero-order valence-electron chi connectivity index (χ0n) is 10.2. The Bertz CT molecular complexity index is 518. The van der Waals surface area contributed by atoms with Crippen molar-refractivity contribution < 1.29 is 9.53 Å². The van der Waals surface area contributed by atoms with E-state index in [4.69, 9.17) is 21.6 Å². The molecule has 0 aromatic heterocycles. The van der Waals surface area contributed by atoms with Crippen LogP contribution >= 0.6 is 11.6 Å². The predicted molar refractivity (Wildman–Crippen MR) is 70.1 cm³/mol. The largest absolute Gasteiger partial charge is 0.462 e. The molecule has 0 bridgehead atoms. The van der Waals surface area contributed by atoms with Crippen LogP contribution in [0.1, 0.15) is 12.5 Å². The summed E-state index contributed by atoms with van der Waals surface area (Å²) in [6.45, 7) is 3.80. The number of nitrogens with one attached hydrogen (secondary N) is 1. The Morgan fingerprint density at radius 3 is 2.94 bits per heavy atom. The number of hydrogen-bond donors (Lipinski definition) is 1. The number of aryl methyl sites for hydroxylation is 1. The number of hydrogen-bond acceptors (Lipinski definition) is 4. The van der Waals surface area contributed by atoms with Gasteiger partial charge in [0.1, 0.15) is 6.07 Å². The summed E-state index contributed by atoms with van der Waals surface area (Å²) in [4.78, 5) is 11.4. The third-order valence-corrected chi connectivity index (χ3v) is 2.42. The van der Waals surface area contributed by atoms with Crippen molar-refractivity contribution in [3.8, 4) is 6.07 Å². The zero-order valence-corrected chi connectivity index (χ0v) is 10.9. The minimum absolute atomic E-state index is 0.0868. The van der Waals surface area contributed by atoms with Crippen LogP contribution in [0, 0.1) is 18.3 Å². The minimum atomic E-state index is -0.646. The van der Waals surface area contributed by atoms with Gasteiger partial charge in [0.2, 0.25) is 0 Å². The molecular formula is C13H13ClN2O2. The molecule has 0 aliphatic heterocycles. The first-order chi connectivity index (χ1) is 8.58. The first-order valence-electron chi connectivity index (χ1n) is 5.38. The summed E-state index contributed by atoms with van der Waals surface area (Å²) in [7, 11) is 0. The van der Waals surface area contributed by atoms with Crippen LogP contribution < -0.4 is 5.32 Å². The molecule has 0 unspecified atom stereocenters. The first-order valence-corrected chi connectivity index (χ1v) is 5.76. The molecule has 0 aliphatic carbocycles. The van der Waals surface area contributed by atoms with Gasteiger partial charge in [-0.05, 0) is 31.5 Å². The van der Waals surface area contributed by atoms with Crippen LogP contribution in [-0.4, -0.2) is 12.6 Å². The number of nitriles is 1. The van der Waals surface area contributed by atoms with Gasteiger partial charge in [0, 0.05) is 16.9 Å². The van der Waals surface area contributed by atoms with Crippen molar-refractivity contribution in [2.45, 2.75) is 13.8 Å². The second-order valence-electron chi connectivity index (χ2n) is 3.49. The van der Waals surface area contributed by atoms with E-state index in [-0.39, 0.29) is 12.2 Å². The molecule has 0 saturated carbocycles. The summed E-state index contributed by atoms with van der Waals surface area (Å²) in [6, 6.07) is 7.11. The van der Waals surface area contributed by atoms with E-state index in [1.807, 2.05) is 13.0 Å². The SMILES string of the molecule is CCOC(=O)/C(C#N)=C/Nc1cc(Cl)ccc1C. The number of anilines is 1. The van der Waals surface area contributed by atoms with Crippen molar-refractivity contribution in [1.29, 1.82) is 5.26 Å². The van der Waals surface area contributed by atoms with Crippen LogP contribution in [0.2, 0.25) is 5.02 Å². The lowest BCUT2D eigenvalue weighted by Gasteiger charge is -2.06. The molecule has 4 nitrogen and oxygen atoms in total.